The average molecular weight is 414 g/mol. The Hall–Kier alpha value is -2.86. The van der Waals surface area contributed by atoms with Crippen molar-refractivity contribution in [2.45, 2.75) is 44.0 Å². The number of likely N-dealkylation sites (tertiary alicyclic amines) is 1. The number of nitrogens with one attached hydrogen (secondary N) is 1. The van der Waals surface area contributed by atoms with Gasteiger partial charge >= 0.3 is 5.97 Å². The zero-order valence-corrected chi connectivity index (χ0v) is 16.9. The van der Waals surface area contributed by atoms with Crippen LogP contribution in [0.4, 0.5) is 5.69 Å². The largest absolute Gasteiger partial charge is 0.444 e. The molecule has 1 fully saturated rings. The molecule has 0 bridgehead atoms. The highest BCUT2D eigenvalue weighted by Crippen LogP contribution is 2.29. The van der Waals surface area contributed by atoms with Crippen LogP contribution in [0.3, 0.4) is 0 Å². The van der Waals surface area contributed by atoms with Gasteiger partial charge in [-0.15, -0.1) is 0 Å². The lowest BCUT2D eigenvalue weighted by molar-refractivity contribution is -0.121. The van der Waals surface area contributed by atoms with Crippen LogP contribution in [0.2, 0.25) is 0 Å². The van der Waals surface area contributed by atoms with Gasteiger partial charge in [0, 0.05) is 25.2 Å². The maximum absolute atomic E-state index is 12.4. The van der Waals surface area contributed by atoms with Crippen LogP contribution in [0.5, 0.6) is 0 Å². The molecule has 0 unspecified atom stereocenters. The van der Waals surface area contributed by atoms with E-state index in [0.717, 1.165) is 25.9 Å². The van der Waals surface area contributed by atoms with E-state index >= 15 is 0 Å². The number of esters is 1. The molecule has 0 saturated carbocycles. The van der Waals surface area contributed by atoms with E-state index in [1.165, 1.54) is 37.2 Å². The smallest absolute Gasteiger partial charge is 0.339 e. The SMILES string of the molecule is C[C@@H](C#N)OC(=O)c1cccc(NC(=O)C[C@@H]2SC(N3CCCCC3)=NC2=O)c1. The standard InChI is InChI=1S/C20H22N4O4S/c1-13(12-21)28-19(27)14-6-5-7-15(10-14)22-17(25)11-16-18(26)23-20(29-16)24-8-3-2-4-9-24/h5-7,10,13,16H,2-4,8-9,11H2,1H3,(H,22,25)/t13-,16-/m0/s1. The Morgan fingerprint density at radius 3 is 2.86 bits per heavy atom. The molecule has 2 heterocycles. The summed E-state index contributed by atoms with van der Waals surface area (Å²) in [6, 6.07) is 8.09. The van der Waals surface area contributed by atoms with Crippen molar-refractivity contribution in [3.05, 3.63) is 29.8 Å². The first kappa shape index (κ1) is 20.9. The van der Waals surface area contributed by atoms with Crippen LogP contribution in [0, 0.1) is 11.3 Å². The number of carbonyl (C=O) groups excluding carboxylic acids is 3. The molecule has 29 heavy (non-hydrogen) atoms. The molecule has 0 spiro atoms. The Kier molecular flexibility index (Phi) is 6.88. The van der Waals surface area contributed by atoms with Gasteiger partial charge in [-0.05, 0) is 44.4 Å². The molecule has 2 amide bonds. The summed E-state index contributed by atoms with van der Waals surface area (Å²) < 4.78 is 4.96. The van der Waals surface area contributed by atoms with Gasteiger partial charge < -0.3 is 15.0 Å². The minimum absolute atomic E-state index is 0.00444. The van der Waals surface area contributed by atoms with Crippen LogP contribution in [-0.2, 0) is 14.3 Å². The molecular formula is C20H22N4O4S. The van der Waals surface area contributed by atoms with Crippen molar-refractivity contribution in [1.82, 2.24) is 4.90 Å². The van der Waals surface area contributed by atoms with Crippen molar-refractivity contribution >= 4 is 40.4 Å². The Labute approximate surface area is 173 Å². The number of nitrogens with zero attached hydrogens (tertiary/aromatic N) is 3. The third-order valence-electron chi connectivity index (χ3n) is 4.57. The van der Waals surface area contributed by atoms with E-state index in [0.29, 0.717) is 10.9 Å². The van der Waals surface area contributed by atoms with Crippen LogP contribution in [0.15, 0.2) is 29.3 Å². The molecule has 0 aromatic heterocycles. The van der Waals surface area contributed by atoms with Gasteiger partial charge in [-0.1, -0.05) is 17.8 Å². The highest BCUT2D eigenvalue weighted by atomic mass is 32.2. The fourth-order valence-electron chi connectivity index (χ4n) is 3.09. The molecule has 1 saturated heterocycles. The summed E-state index contributed by atoms with van der Waals surface area (Å²) in [5, 5.41) is 11.6. The van der Waals surface area contributed by atoms with Crippen molar-refractivity contribution in [2.75, 3.05) is 18.4 Å². The van der Waals surface area contributed by atoms with Gasteiger partial charge in [0.2, 0.25) is 5.91 Å². The topological polar surface area (TPSA) is 112 Å². The van der Waals surface area contributed by atoms with Gasteiger partial charge in [0.05, 0.1) is 5.56 Å². The third-order valence-corrected chi connectivity index (χ3v) is 5.79. The molecule has 1 aromatic rings. The third kappa shape index (κ3) is 5.57. The Balaban J connectivity index is 1.55. The fourth-order valence-corrected chi connectivity index (χ4v) is 4.21. The number of anilines is 1. The van der Waals surface area contributed by atoms with Crippen molar-refractivity contribution in [1.29, 1.82) is 5.26 Å². The molecule has 8 nitrogen and oxygen atoms in total. The molecule has 1 aromatic carbocycles. The number of nitriles is 1. The second-order valence-electron chi connectivity index (χ2n) is 6.90. The molecule has 2 aliphatic rings. The minimum atomic E-state index is -0.861. The number of amidine groups is 1. The monoisotopic (exact) mass is 414 g/mol. The first-order valence-corrected chi connectivity index (χ1v) is 10.4. The van der Waals surface area contributed by atoms with Crippen LogP contribution in [0.25, 0.3) is 0 Å². The second-order valence-corrected chi connectivity index (χ2v) is 8.07. The number of rotatable bonds is 5. The summed E-state index contributed by atoms with van der Waals surface area (Å²) in [4.78, 5) is 42.8. The van der Waals surface area contributed by atoms with Gasteiger partial charge in [0.15, 0.2) is 11.3 Å². The van der Waals surface area contributed by atoms with E-state index in [4.69, 9.17) is 10.00 Å². The lowest BCUT2D eigenvalue weighted by Gasteiger charge is -2.27. The molecule has 3 rings (SSSR count). The van der Waals surface area contributed by atoms with E-state index in [2.05, 4.69) is 15.2 Å². The van der Waals surface area contributed by atoms with Crippen molar-refractivity contribution in [2.24, 2.45) is 4.99 Å². The number of hydrogen-bond donors (Lipinski definition) is 1. The first-order valence-electron chi connectivity index (χ1n) is 9.51. The van der Waals surface area contributed by atoms with Crippen LogP contribution < -0.4 is 5.32 Å². The number of carbonyl (C=O) groups is 3. The summed E-state index contributed by atoms with van der Waals surface area (Å²) in [5.41, 5.74) is 0.647. The molecule has 2 atom stereocenters. The van der Waals surface area contributed by atoms with E-state index < -0.39 is 17.3 Å². The van der Waals surface area contributed by atoms with E-state index in [9.17, 15) is 14.4 Å². The zero-order chi connectivity index (χ0) is 20.8. The Morgan fingerprint density at radius 2 is 2.14 bits per heavy atom. The molecule has 0 aliphatic carbocycles. The highest BCUT2D eigenvalue weighted by molar-refractivity contribution is 8.15. The molecule has 152 valence electrons. The maximum Gasteiger partial charge on any atom is 0.339 e. The second kappa shape index (κ2) is 9.56. The average Bonchev–Trinajstić information content (AvgIpc) is 3.08. The molecular weight excluding hydrogens is 392 g/mol. The Bertz CT molecular complexity index is 873. The van der Waals surface area contributed by atoms with Crippen molar-refractivity contribution in [3.63, 3.8) is 0 Å². The molecule has 1 N–H and O–H groups in total. The maximum atomic E-state index is 12.4. The van der Waals surface area contributed by atoms with Gasteiger partial charge in [0.1, 0.15) is 11.3 Å². The lowest BCUT2D eigenvalue weighted by Crippen LogP contribution is -2.33. The number of amides is 2. The number of ether oxygens (including phenoxy) is 1. The summed E-state index contributed by atoms with van der Waals surface area (Å²) in [6.45, 7) is 3.26. The predicted octanol–water partition coefficient (Wildman–Crippen LogP) is 2.57. The molecule has 9 heteroatoms. The summed E-state index contributed by atoms with van der Waals surface area (Å²) in [7, 11) is 0. The zero-order valence-electron chi connectivity index (χ0n) is 16.1. The van der Waals surface area contributed by atoms with Crippen LogP contribution in [0.1, 0.15) is 43.0 Å². The van der Waals surface area contributed by atoms with Gasteiger partial charge in [-0.2, -0.15) is 10.3 Å². The van der Waals surface area contributed by atoms with Crippen LogP contribution >= 0.6 is 11.8 Å². The lowest BCUT2D eigenvalue weighted by atomic mass is 10.1. The van der Waals surface area contributed by atoms with E-state index in [1.54, 1.807) is 12.1 Å². The number of thioether (sulfide) groups is 1. The van der Waals surface area contributed by atoms with Gasteiger partial charge in [0.25, 0.3) is 5.91 Å². The first-order chi connectivity index (χ1) is 14.0. The van der Waals surface area contributed by atoms with Crippen molar-refractivity contribution in [3.8, 4) is 6.07 Å². The predicted molar refractivity (Wildman–Crippen MR) is 109 cm³/mol. The fraction of sp³-hybridized carbons (Fsp3) is 0.450. The van der Waals surface area contributed by atoms with Crippen molar-refractivity contribution < 1.29 is 19.1 Å². The highest BCUT2D eigenvalue weighted by Gasteiger charge is 2.33. The van der Waals surface area contributed by atoms with Gasteiger partial charge in [-0.25, -0.2) is 4.79 Å². The minimum Gasteiger partial charge on any atom is -0.444 e. The summed E-state index contributed by atoms with van der Waals surface area (Å²) in [5.74, 6) is -1.26. The quantitative estimate of drug-likeness (QED) is 0.737. The number of aliphatic imine (C=N–C) groups is 1. The van der Waals surface area contributed by atoms with E-state index in [1.807, 2.05) is 6.07 Å². The van der Waals surface area contributed by atoms with Crippen LogP contribution in [-0.4, -0.2) is 52.3 Å². The molecule has 0 radical (unpaired) electrons. The summed E-state index contributed by atoms with van der Waals surface area (Å²) in [6.07, 6.45) is 2.51. The molecule has 2 aliphatic heterocycles. The normalized spacial score (nSPS) is 19.9. The van der Waals surface area contributed by atoms with Gasteiger partial charge in [-0.3, -0.25) is 9.59 Å². The Morgan fingerprint density at radius 1 is 1.38 bits per heavy atom. The number of piperidine rings is 1. The summed E-state index contributed by atoms with van der Waals surface area (Å²) >= 11 is 1.34. The number of hydrogen-bond acceptors (Lipinski definition) is 7. The number of benzene rings is 1. The van der Waals surface area contributed by atoms with E-state index in [-0.39, 0.29) is 23.8 Å².